The number of carboxylic acids is 2. The van der Waals surface area contributed by atoms with Crippen molar-refractivity contribution in [2.24, 2.45) is 0 Å². The van der Waals surface area contributed by atoms with Crippen LogP contribution in [0.2, 0.25) is 0 Å². The lowest BCUT2D eigenvalue weighted by atomic mass is 10.2. The Balaban J connectivity index is 1.65. The highest BCUT2D eigenvalue weighted by Crippen LogP contribution is 2.23. The van der Waals surface area contributed by atoms with E-state index in [1.165, 1.54) is 21.6 Å². The SMILES string of the molecule is O=C(O)[C@H](CSSC[C@H](NC(O)OCc1ccccc1)C(=O)O)NCOCc1ccccc1. The van der Waals surface area contributed by atoms with Gasteiger partial charge in [-0.05, 0) is 11.1 Å². The molecule has 0 saturated carbocycles. The van der Waals surface area contributed by atoms with Gasteiger partial charge >= 0.3 is 11.9 Å². The molecule has 0 radical (unpaired) electrons. The summed E-state index contributed by atoms with van der Waals surface area (Å²) in [6.45, 7) is 0.561. The van der Waals surface area contributed by atoms with Gasteiger partial charge < -0.3 is 24.8 Å². The maximum atomic E-state index is 11.5. The molecule has 11 heteroatoms. The Kier molecular flexibility index (Phi) is 12.9. The van der Waals surface area contributed by atoms with Crippen molar-refractivity contribution >= 4 is 33.5 Å². The van der Waals surface area contributed by atoms with E-state index in [4.69, 9.17) is 9.47 Å². The molecule has 5 N–H and O–H groups in total. The molecule has 0 fully saturated rings. The highest BCUT2D eigenvalue weighted by atomic mass is 33.1. The fraction of sp³-hybridized carbons (Fsp3) is 0.364. The average Bonchev–Trinajstić information content (AvgIpc) is 2.81. The molecule has 0 amide bonds. The van der Waals surface area contributed by atoms with E-state index in [-0.39, 0.29) is 24.8 Å². The zero-order valence-electron chi connectivity index (χ0n) is 17.8. The Hall–Kier alpha value is -2.12. The average molecular weight is 497 g/mol. The number of aliphatic hydroxyl groups is 1. The highest BCUT2D eigenvalue weighted by Gasteiger charge is 2.22. The van der Waals surface area contributed by atoms with Crippen LogP contribution < -0.4 is 10.6 Å². The van der Waals surface area contributed by atoms with E-state index in [2.05, 4.69) is 10.6 Å². The molecule has 0 aromatic heterocycles. The number of nitrogens with one attached hydrogen (secondary N) is 2. The monoisotopic (exact) mass is 496 g/mol. The molecular weight excluding hydrogens is 468 g/mol. The van der Waals surface area contributed by atoms with Crippen molar-refractivity contribution < 1.29 is 34.4 Å². The number of ether oxygens (including phenoxy) is 2. The van der Waals surface area contributed by atoms with Gasteiger partial charge in [-0.1, -0.05) is 82.3 Å². The number of aliphatic carboxylic acids is 2. The second-order valence-electron chi connectivity index (χ2n) is 6.85. The molecule has 0 aliphatic heterocycles. The zero-order valence-corrected chi connectivity index (χ0v) is 19.5. The van der Waals surface area contributed by atoms with Crippen LogP contribution in [-0.2, 0) is 32.3 Å². The molecule has 0 aliphatic carbocycles. The van der Waals surface area contributed by atoms with Gasteiger partial charge in [-0.25, -0.2) is 0 Å². The van der Waals surface area contributed by atoms with E-state index < -0.39 is 30.4 Å². The van der Waals surface area contributed by atoms with Crippen LogP contribution in [0.4, 0.5) is 0 Å². The van der Waals surface area contributed by atoms with Crippen LogP contribution >= 0.6 is 21.6 Å². The lowest BCUT2D eigenvalue weighted by molar-refractivity contribution is -0.153. The van der Waals surface area contributed by atoms with Crippen molar-refractivity contribution in [3.05, 3.63) is 71.8 Å². The molecule has 33 heavy (non-hydrogen) atoms. The zero-order chi connectivity index (χ0) is 23.9. The van der Waals surface area contributed by atoms with Crippen molar-refractivity contribution in [2.45, 2.75) is 31.7 Å². The van der Waals surface area contributed by atoms with E-state index in [9.17, 15) is 24.9 Å². The van der Waals surface area contributed by atoms with Gasteiger partial charge in [0.1, 0.15) is 12.1 Å². The number of benzene rings is 2. The number of hydrogen-bond donors (Lipinski definition) is 5. The molecule has 180 valence electrons. The van der Waals surface area contributed by atoms with Gasteiger partial charge in [-0.2, -0.15) is 0 Å². The van der Waals surface area contributed by atoms with Crippen molar-refractivity contribution in [3.8, 4) is 0 Å². The van der Waals surface area contributed by atoms with E-state index in [0.717, 1.165) is 11.1 Å². The lowest BCUT2D eigenvalue weighted by Gasteiger charge is -2.19. The smallest absolute Gasteiger partial charge is 0.321 e. The van der Waals surface area contributed by atoms with Crippen LogP contribution in [0.1, 0.15) is 11.1 Å². The van der Waals surface area contributed by atoms with Crippen LogP contribution in [0.3, 0.4) is 0 Å². The van der Waals surface area contributed by atoms with Gasteiger partial charge in [0.05, 0.1) is 19.9 Å². The maximum Gasteiger partial charge on any atom is 0.321 e. The summed E-state index contributed by atoms with van der Waals surface area (Å²) in [5.74, 6) is -1.87. The van der Waals surface area contributed by atoms with E-state index in [1.54, 1.807) is 0 Å². The summed E-state index contributed by atoms with van der Waals surface area (Å²) in [5.41, 5.74) is 1.83. The molecular formula is C22H28N2O7S2. The third-order valence-corrected chi connectivity index (χ3v) is 6.71. The minimum Gasteiger partial charge on any atom is -0.480 e. The summed E-state index contributed by atoms with van der Waals surface area (Å²) in [6.07, 6.45) is -1.45. The summed E-state index contributed by atoms with van der Waals surface area (Å²) in [7, 11) is 2.41. The van der Waals surface area contributed by atoms with Gasteiger partial charge in [0, 0.05) is 11.5 Å². The predicted molar refractivity (Wildman–Crippen MR) is 127 cm³/mol. The van der Waals surface area contributed by atoms with E-state index >= 15 is 0 Å². The molecule has 9 nitrogen and oxygen atoms in total. The Morgan fingerprint density at radius 2 is 1.33 bits per heavy atom. The number of rotatable bonds is 17. The van der Waals surface area contributed by atoms with Gasteiger partial charge in [-0.15, -0.1) is 0 Å². The fourth-order valence-electron chi connectivity index (χ4n) is 2.51. The molecule has 2 aromatic carbocycles. The minimum atomic E-state index is -1.45. The molecule has 0 saturated heterocycles. The van der Waals surface area contributed by atoms with Crippen molar-refractivity contribution in [1.82, 2.24) is 10.6 Å². The molecule has 0 heterocycles. The summed E-state index contributed by atoms with van der Waals surface area (Å²) in [5, 5.41) is 34.0. The topological polar surface area (TPSA) is 137 Å². The first-order valence-corrected chi connectivity index (χ1v) is 12.6. The predicted octanol–water partition coefficient (Wildman–Crippen LogP) is 2.12. The number of hydrogen-bond acceptors (Lipinski definition) is 9. The van der Waals surface area contributed by atoms with Crippen LogP contribution in [0.15, 0.2) is 60.7 Å². The summed E-state index contributed by atoms with van der Waals surface area (Å²) in [4.78, 5) is 22.9. The standard InChI is InChI=1S/C22H28N2O7S2/c25-20(26)18(23-15-30-11-16-7-3-1-4-8-16)13-32-33-14-19(21(27)28)24-22(29)31-12-17-9-5-2-6-10-17/h1-10,18-19,22-24,29H,11-15H2,(H,25,26)(H,27,28)/t18-,19-,22?/m0/s1. The summed E-state index contributed by atoms with van der Waals surface area (Å²) in [6, 6.07) is 16.8. The Labute approximate surface area is 200 Å². The molecule has 1 unspecified atom stereocenters. The minimum absolute atomic E-state index is 0.0708. The summed E-state index contributed by atoms with van der Waals surface area (Å²) >= 11 is 0. The third-order valence-electron chi connectivity index (χ3n) is 4.29. The molecule has 2 rings (SSSR count). The second-order valence-corrected chi connectivity index (χ2v) is 9.40. The number of carboxylic acid groups (broad SMARTS) is 2. The Bertz CT molecular complexity index is 830. The Morgan fingerprint density at radius 1 is 0.818 bits per heavy atom. The van der Waals surface area contributed by atoms with E-state index in [0.29, 0.717) is 6.61 Å². The van der Waals surface area contributed by atoms with Crippen molar-refractivity contribution in [1.29, 1.82) is 0 Å². The fourth-order valence-corrected chi connectivity index (χ4v) is 4.87. The molecule has 0 aliphatic rings. The molecule has 0 bridgehead atoms. The van der Waals surface area contributed by atoms with Crippen LogP contribution in [0.5, 0.6) is 0 Å². The molecule has 3 atom stereocenters. The largest absolute Gasteiger partial charge is 0.480 e. The summed E-state index contributed by atoms with van der Waals surface area (Å²) < 4.78 is 10.7. The van der Waals surface area contributed by atoms with Gasteiger partial charge in [0.15, 0.2) is 0 Å². The van der Waals surface area contributed by atoms with Crippen LogP contribution in [0, 0.1) is 0 Å². The highest BCUT2D eigenvalue weighted by molar-refractivity contribution is 8.76. The number of aliphatic hydroxyl groups excluding tert-OH is 1. The van der Waals surface area contributed by atoms with Gasteiger partial charge in [0.25, 0.3) is 0 Å². The number of carbonyl (C=O) groups is 2. The normalized spacial score (nSPS) is 13.8. The first-order valence-electron chi connectivity index (χ1n) is 10.1. The molecule has 0 spiro atoms. The van der Waals surface area contributed by atoms with Crippen molar-refractivity contribution in [3.63, 3.8) is 0 Å². The van der Waals surface area contributed by atoms with Crippen molar-refractivity contribution in [2.75, 3.05) is 18.2 Å². The Morgan fingerprint density at radius 3 is 1.88 bits per heavy atom. The maximum absolute atomic E-state index is 11.5. The van der Waals surface area contributed by atoms with E-state index in [1.807, 2.05) is 60.7 Å². The van der Waals surface area contributed by atoms with Gasteiger partial charge in [-0.3, -0.25) is 20.2 Å². The lowest BCUT2D eigenvalue weighted by Crippen LogP contribution is -2.46. The molecule has 2 aromatic rings. The van der Waals surface area contributed by atoms with Crippen LogP contribution in [-0.4, -0.2) is 64.0 Å². The third kappa shape index (κ3) is 11.5. The van der Waals surface area contributed by atoms with Crippen LogP contribution in [0.25, 0.3) is 0 Å². The second kappa shape index (κ2) is 15.7. The first-order chi connectivity index (χ1) is 16.0. The quantitative estimate of drug-likeness (QED) is 0.125. The first kappa shape index (κ1) is 27.1. The van der Waals surface area contributed by atoms with Gasteiger partial charge in [0.2, 0.25) is 6.41 Å².